The van der Waals surface area contributed by atoms with Gasteiger partial charge >= 0.3 is 0 Å². The molecule has 2 nitrogen and oxygen atoms in total. The molecular formula is C15H23NO. The number of hydrogen-bond donors (Lipinski definition) is 1. The molecule has 0 spiro atoms. The molecular weight excluding hydrogens is 210 g/mol. The van der Waals surface area contributed by atoms with Crippen molar-refractivity contribution in [1.82, 2.24) is 0 Å². The van der Waals surface area contributed by atoms with Crippen LogP contribution in [0.15, 0.2) is 24.3 Å². The van der Waals surface area contributed by atoms with E-state index in [1.165, 1.54) is 24.1 Å². The highest BCUT2D eigenvalue weighted by atomic mass is 16.5. The van der Waals surface area contributed by atoms with Gasteiger partial charge in [-0.1, -0.05) is 26.0 Å². The van der Waals surface area contributed by atoms with Crippen molar-refractivity contribution in [2.75, 3.05) is 18.5 Å². The van der Waals surface area contributed by atoms with E-state index in [2.05, 4.69) is 43.4 Å². The molecule has 0 saturated carbocycles. The summed E-state index contributed by atoms with van der Waals surface area (Å²) in [4.78, 5) is 0. The first-order chi connectivity index (χ1) is 8.25. The Labute approximate surface area is 104 Å². The Kier molecular flexibility index (Phi) is 4.43. The van der Waals surface area contributed by atoms with Crippen molar-refractivity contribution in [3.63, 3.8) is 0 Å². The van der Waals surface area contributed by atoms with Crippen molar-refractivity contribution in [2.24, 2.45) is 0 Å². The Bertz CT molecular complexity index is 341. The van der Waals surface area contributed by atoms with E-state index < -0.39 is 0 Å². The molecule has 0 bridgehead atoms. The van der Waals surface area contributed by atoms with Crippen LogP contribution in [0.3, 0.4) is 0 Å². The molecule has 1 aromatic rings. The summed E-state index contributed by atoms with van der Waals surface area (Å²) in [5.41, 5.74) is 2.66. The lowest BCUT2D eigenvalue weighted by Gasteiger charge is -2.18. The van der Waals surface area contributed by atoms with Crippen LogP contribution in [0.4, 0.5) is 5.69 Å². The van der Waals surface area contributed by atoms with E-state index in [9.17, 15) is 0 Å². The van der Waals surface area contributed by atoms with Crippen molar-refractivity contribution in [3.05, 3.63) is 29.8 Å². The van der Waals surface area contributed by atoms with Crippen LogP contribution >= 0.6 is 0 Å². The van der Waals surface area contributed by atoms with E-state index >= 15 is 0 Å². The molecule has 94 valence electrons. The van der Waals surface area contributed by atoms with E-state index in [0.29, 0.717) is 12.0 Å². The Hall–Kier alpha value is -1.02. The molecule has 1 unspecified atom stereocenters. The molecule has 0 radical (unpaired) electrons. The minimum atomic E-state index is 0.569. The molecule has 0 aliphatic carbocycles. The Morgan fingerprint density at radius 3 is 2.94 bits per heavy atom. The summed E-state index contributed by atoms with van der Waals surface area (Å²) < 4.78 is 5.48. The molecule has 1 aromatic carbocycles. The molecule has 1 N–H and O–H groups in total. The second kappa shape index (κ2) is 6.06. The minimum absolute atomic E-state index is 0.569. The Balaban J connectivity index is 1.99. The number of ether oxygens (including phenoxy) is 1. The molecule has 17 heavy (non-hydrogen) atoms. The number of nitrogens with one attached hydrogen (secondary N) is 1. The Morgan fingerprint density at radius 1 is 1.24 bits per heavy atom. The second-order valence-electron chi connectivity index (χ2n) is 5.16. The Morgan fingerprint density at radius 2 is 2.12 bits per heavy atom. The van der Waals surface area contributed by atoms with Crippen molar-refractivity contribution in [2.45, 2.75) is 45.1 Å². The summed E-state index contributed by atoms with van der Waals surface area (Å²) in [6.07, 6.45) is 3.50. The van der Waals surface area contributed by atoms with Crippen LogP contribution in [0.5, 0.6) is 0 Å². The smallest absolute Gasteiger partial charge is 0.0485 e. The lowest BCUT2D eigenvalue weighted by atomic mass is 10.0. The first-order valence-electron chi connectivity index (χ1n) is 6.70. The highest BCUT2D eigenvalue weighted by Crippen LogP contribution is 2.21. The molecule has 1 atom stereocenters. The zero-order chi connectivity index (χ0) is 12.1. The maximum absolute atomic E-state index is 5.48. The predicted molar refractivity (Wildman–Crippen MR) is 72.6 cm³/mol. The van der Waals surface area contributed by atoms with Crippen molar-refractivity contribution in [3.8, 4) is 0 Å². The maximum atomic E-state index is 5.48. The fourth-order valence-corrected chi connectivity index (χ4v) is 2.27. The number of benzene rings is 1. The molecule has 1 aliphatic heterocycles. The number of anilines is 1. The van der Waals surface area contributed by atoms with Crippen molar-refractivity contribution < 1.29 is 4.74 Å². The molecule has 1 heterocycles. The van der Waals surface area contributed by atoms with Crippen LogP contribution in [0.2, 0.25) is 0 Å². The average molecular weight is 233 g/mol. The third-order valence-corrected chi connectivity index (χ3v) is 3.38. The van der Waals surface area contributed by atoms with Gasteiger partial charge in [0.15, 0.2) is 0 Å². The average Bonchev–Trinajstić information content (AvgIpc) is 2.58. The van der Waals surface area contributed by atoms with Crippen molar-refractivity contribution in [1.29, 1.82) is 0 Å². The fourth-order valence-electron chi connectivity index (χ4n) is 2.27. The largest absolute Gasteiger partial charge is 0.382 e. The first-order valence-corrected chi connectivity index (χ1v) is 6.70. The van der Waals surface area contributed by atoms with Gasteiger partial charge in [0.25, 0.3) is 0 Å². The van der Waals surface area contributed by atoms with Crippen LogP contribution in [-0.4, -0.2) is 19.3 Å². The van der Waals surface area contributed by atoms with E-state index in [-0.39, 0.29) is 0 Å². The number of hydrogen-bond acceptors (Lipinski definition) is 2. The van der Waals surface area contributed by atoms with E-state index in [1.807, 2.05) is 0 Å². The van der Waals surface area contributed by atoms with Gasteiger partial charge in [-0.25, -0.2) is 0 Å². The molecule has 2 rings (SSSR count). The standard InChI is InChI=1S/C15H23NO/c1-12(2)13-5-3-6-15(11-13)16-14-7-4-9-17-10-8-14/h3,5-6,11-12,14,16H,4,7-10H2,1-2H3. The SMILES string of the molecule is CC(C)c1cccc(NC2CCCOCC2)c1. The highest BCUT2D eigenvalue weighted by Gasteiger charge is 2.12. The van der Waals surface area contributed by atoms with Gasteiger partial charge in [0, 0.05) is 24.9 Å². The van der Waals surface area contributed by atoms with E-state index in [0.717, 1.165) is 19.6 Å². The van der Waals surface area contributed by atoms with Crippen LogP contribution < -0.4 is 5.32 Å². The van der Waals surface area contributed by atoms with E-state index in [1.54, 1.807) is 0 Å². The van der Waals surface area contributed by atoms with Crippen LogP contribution in [0.1, 0.15) is 44.6 Å². The van der Waals surface area contributed by atoms with Crippen LogP contribution in [0.25, 0.3) is 0 Å². The predicted octanol–water partition coefficient (Wildman–Crippen LogP) is 3.79. The monoisotopic (exact) mass is 233 g/mol. The normalized spacial score (nSPS) is 21.2. The first kappa shape index (κ1) is 12.4. The highest BCUT2D eigenvalue weighted by molar-refractivity contribution is 5.47. The van der Waals surface area contributed by atoms with E-state index in [4.69, 9.17) is 4.74 Å². The van der Waals surface area contributed by atoms with Gasteiger partial charge in [-0.2, -0.15) is 0 Å². The maximum Gasteiger partial charge on any atom is 0.0485 e. The van der Waals surface area contributed by atoms with Crippen molar-refractivity contribution >= 4 is 5.69 Å². The molecule has 1 fully saturated rings. The zero-order valence-corrected chi connectivity index (χ0v) is 10.9. The summed E-state index contributed by atoms with van der Waals surface area (Å²) in [6, 6.07) is 9.35. The summed E-state index contributed by atoms with van der Waals surface area (Å²) in [7, 11) is 0. The summed E-state index contributed by atoms with van der Waals surface area (Å²) >= 11 is 0. The molecule has 0 aromatic heterocycles. The summed E-state index contributed by atoms with van der Waals surface area (Å²) in [5.74, 6) is 0.592. The number of rotatable bonds is 3. The zero-order valence-electron chi connectivity index (χ0n) is 10.9. The van der Waals surface area contributed by atoms with Gasteiger partial charge < -0.3 is 10.1 Å². The third-order valence-electron chi connectivity index (χ3n) is 3.38. The van der Waals surface area contributed by atoms with Gasteiger partial charge in [-0.3, -0.25) is 0 Å². The van der Waals surface area contributed by atoms with Gasteiger partial charge in [-0.05, 0) is 42.9 Å². The van der Waals surface area contributed by atoms with Gasteiger partial charge in [0.2, 0.25) is 0 Å². The minimum Gasteiger partial charge on any atom is -0.382 e. The molecule has 0 amide bonds. The van der Waals surface area contributed by atoms with Gasteiger partial charge in [-0.15, -0.1) is 0 Å². The molecule has 1 aliphatic rings. The quantitative estimate of drug-likeness (QED) is 0.857. The topological polar surface area (TPSA) is 21.3 Å². The van der Waals surface area contributed by atoms with Crippen LogP contribution in [0, 0.1) is 0 Å². The van der Waals surface area contributed by atoms with Gasteiger partial charge in [0.05, 0.1) is 0 Å². The lowest BCUT2D eigenvalue weighted by Crippen LogP contribution is -2.19. The molecule has 1 saturated heterocycles. The second-order valence-corrected chi connectivity index (χ2v) is 5.16. The fraction of sp³-hybridized carbons (Fsp3) is 0.600. The molecule has 2 heteroatoms. The third kappa shape index (κ3) is 3.74. The van der Waals surface area contributed by atoms with Crippen LogP contribution in [-0.2, 0) is 4.74 Å². The lowest BCUT2D eigenvalue weighted by molar-refractivity contribution is 0.144. The summed E-state index contributed by atoms with van der Waals surface area (Å²) in [6.45, 7) is 6.28. The summed E-state index contributed by atoms with van der Waals surface area (Å²) in [5, 5.41) is 3.64. The van der Waals surface area contributed by atoms with Gasteiger partial charge in [0.1, 0.15) is 0 Å².